The van der Waals surface area contributed by atoms with Gasteiger partial charge in [-0.05, 0) is 68.4 Å². The van der Waals surface area contributed by atoms with Crippen LogP contribution in [0.1, 0.15) is 37.3 Å². The van der Waals surface area contributed by atoms with Gasteiger partial charge in [-0.15, -0.1) is 0 Å². The van der Waals surface area contributed by atoms with Gasteiger partial charge in [-0.25, -0.2) is 0 Å². The maximum atomic E-state index is 13.8. The van der Waals surface area contributed by atoms with Crippen molar-refractivity contribution in [1.82, 2.24) is 15.1 Å². The molecule has 4 rings (SSSR count). The minimum Gasteiger partial charge on any atom is -0.458 e. The van der Waals surface area contributed by atoms with Gasteiger partial charge in [-0.1, -0.05) is 30.7 Å². The van der Waals surface area contributed by atoms with E-state index in [2.05, 4.69) is 5.32 Å². The minimum absolute atomic E-state index is 0.0748. The SMILES string of the molecule is CCN(C)CNC(=O)C1(Oc2ccc(C(F)(F)F)cc2)CCN1C(=O)C1(c2ccc(Cl)cc2)CC1. The molecular formula is C25H27ClF3N3O3. The van der Waals surface area contributed by atoms with Gasteiger partial charge in [-0.3, -0.25) is 19.4 Å². The zero-order valence-corrected chi connectivity index (χ0v) is 20.2. The van der Waals surface area contributed by atoms with E-state index in [9.17, 15) is 22.8 Å². The first-order chi connectivity index (χ1) is 16.5. The fourth-order valence-corrected chi connectivity index (χ4v) is 4.35. The third-order valence-electron chi connectivity index (χ3n) is 6.78. The number of rotatable bonds is 8. The molecule has 2 aromatic rings. The van der Waals surface area contributed by atoms with Crippen molar-refractivity contribution in [1.29, 1.82) is 0 Å². The molecule has 2 amide bonds. The highest BCUT2D eigenvalue weighted by atomic mass is 35.5. The monoisotopic (exact) mass is 509 g/mol. The summed E-state index contributed by atoms with van der Waals surface area (Å²) >= 11 is 6.01. The Morgan fingerprint density at radius 2 is 1.71 bits per heavy atom. The molecule has 35 heavy (non-hydrogen) atoms. The number of halogens is 4. The molecule has 0 aromatic heterocycles. The Balaban J connectivity index is 1.62. The van der Waals surface area contributed by atoms with Crippen molar-refractivity contribution in [3.8, 4) is 5.75 Å². The van der Waals surface area contributed by atoms with E-state index >= 15 is 0 Å². The molecule has 6 nitrogen and oxygen atoms in total. The van der Waals surface area contributed by atoms with Crippen LogP contribution in [0.15, 0.2) is 48.5 Å². The number of nitrogens with zero attached hydrogens (tertiary/aromatic N) is 2. The molecule has 10 heteroatoms. The lowest BCUT2D eigenvalue weighted by Crippen LogP contribution is -2.73. The van der Waals surface area contributed by atoms with Gasteiger partial charge in [0.2, 0.25) is 5.91 Å². The highest BCUT2D eigenvalue weighted by molar-refractivity contribution is 6.30. The molecule has 0 radical (unpaired) electrons. The van der Waals surface area contributed by atoms with Crippen LogP contribution in [-0.4, -0.2) is 54.1 Å². The molecule has 2 aromatic carbocycles. The van der Waals surface area contributed by atoms with E-state index in [-0.39, 0.29) is 24.7 Å². The first-order valence-corrected chi connectivity index (χ1v) is 11.8. The summed E-state index contributed by atoms with van der Waals surface area (Å²) in [5.41, 5.74) is -2.42. The van der Waals surface area contributed by atoms with Crippen molar-refractivity contribution in [2.24, 2.45) is 0 Å². The van der Waals surface area contributed by atoms with E-state index in [1.54, 1.807) is 12.1 Å². The van der Waals surface area contributed by atoms with E-state index in [1.807, 2.05) is 31.0 Å². The molecule has 1 atom stereocenters. The highest BCUT2D eigenvalue weighted by Crippen LogP contribution is 2.52. The van der Waals surface area contributed by atoms with Crippen LogP contribution in [0.2, 0.25) is 5.02 Å². The van der Waals surface area contributed by atoms with Gasteiger partial charge >= 0.3 is 6.18 Å². The Morgan fingerprint density at radius 3 is 2.20 bits per heavy atom. The second-order valence-electron chi connectivity index (χ2n) is 9.04. The van der Waals surface area contributed by atoms with Crippen LogP contribution in [0.4, 0.5) is 13.2 Å². The van der Waals surface area contributed by atoms with Gasteiger partial charge in [0.15, 0.2) is 0 Å². The van der Waals surface area contributed by atoms with E-state index in [1.165, 1.54) is 17.0 Å². The fourth-order valence-electron chi connectivity index (χ4n) is 4.22. The van der Waals surface area contributed by atoms with Crippen LogP contribution < -0.4 is 10.1 Å². The van der Waals surface area contributed by atoms with Gasteiger partial charge < -0.3 is 10.1 Å². The Bertz CT molecular complexity index is 1090. The summed E-state index contributed by atoms with van der Waals surface area (Å²) in [6.45, 7) is 3.15. The van der Waals surface area contributed by atoms with E-state index < -0.39 is 28.8 Å². The fraction of sp³-hybridized carbons (Fsp3) is 0.440. The number of ether oxygens (including phenoxy) is 1. The largest absolute Gasteiger partial charge is 0.458 e. The molecule has 1 heterocycles. The second kappa shape index (κ2) is 9.35. The summed E-state index contributed by atoms with van der Waals surface area (Å²) in [5, 5.41) is 3.36. The predicted molar refractivity (Wildman–Crippen MR) is 125 cm³/mol. The maximum Gasteiger partial charge on any atom is 0.416 e. The Morgan fingerprint density at radius 1 is 1.09 bits per heavy atom. The first-order valence-electron chi connectivity index (χ1n) is 11.4. The molecule has 0 bridgehead atoms. The summed E-state index contributed by atoms with van der Waals surface area (Å²) in [6, 6.07) is 11.2. The lowest BCUT2D eigenvalue weighted by atomic mass is 9.88. The van der Waals surface area contributed by atoms with Crippen molar-refractivity contribution in [3.63, 3.8) is 0 Å². The standard InChI is InChI=1S/C25H27ClF3N3O3/c1-3-31(2)16-30-21(33)24(35-20-10-6-18(7-11-20)25(27,28)29)14-15-32(24)22(34)23(12-13-23)17-4-8-19(26)9-5-17/h4-11H,3,12-16H2,1-2H3,(H,30,33). The number of benzene rings is 2. The smallest absolute Gasteiger partial charge is 0.416 e. The summed E-state index contributed by atoms with van der Waals surface area (Å²) in [7, 11) is 1.83. The third kappa shape index (κ3) is 4.84. The molecular weight excluding hydrogens is 483 g/mol. The predicted octanol–water partition coefficient (Wildman–Crippen LogP) is 4.42. The molecule has 1 aliphatic heterocycles. The summed E-state index contributed by atoms with van der Waals surface area (Å²) in [5.74, 6) is -0.674. The van der Waals surface area contributed by atoms with Gasteiger partial charge in [0, 0.05) is 18.0 Å². The molecule has 1 saturated carbocycles. The molecule has 2 fully saturated rings. The van der Waals surface area contributed by atoms with Crippen LogP contribution in [0.25, 0.3) is 0 Å². The summed E-state index contributed by atoms with van der Waals surface area (Å²) < 4.78 is 45.0. The number of alkyl halides is 3. The van der Waals surface area contributed by atoms with Gasteiger partial charge in [-0.2, -0.15) is 13.2 Å². The zero-order valence-electron chi connectivity index (χ0n) is 19.5. The molecule has 1 N–H and O–H groups in total. The summed E-state index contributed by atoms with van der Waals surface area (Å²) in [6.07, 6.45) is -3.02. The van der Waals surface area contributed by atoms with Crippen LogP contribution in [-0.2, 0) is 21.2 Å². The van der Waals surface area contributed by atoms with Crippen LogP contribution in [0.5, 0.6) is 5.75 Å². The average Bonchev–Trinajstić information content (AvgIpc) is 3.62. The number of nitrogens with one attached hydrogen (secondary N) is 1. The topological polar surface area (TPSA) is 61.9 Å². The molecule has 1 unspecified atom stereocenters. The Hall–Kier alpha value is -2.78. The van der Waals surface area contributed by atoms with Gasteiger partial charge in [0.25, 0.3) is 11.6 Å². The number of carbonyl (C=O) groups is 2. The van der Waals surface area contributed by atoms with Gasteiger partial charge in [0.1, 0.15) is 5.75 Å². The normalized spacial score (nSPS) is 20.8. The van der Waals surface area contributed by atoms with Crippen LogP contribution in [0, 0.1) is 0 Å². The Labute approximate surface area is 207 Å². The van der Waals surface area contributed by atoms with Crippen LogP contribution >= 0.6 is 11.6 Å². The van der Waals surface area contributed by atoms with Crippen molar-refractivity contribution in [3.05, 3.63) is 64.7 Å². The molecule has 0 spiro atoms. The molecule has 1 aliphatic carbocycles. The average molecular weight is 510 g/mol. The number of carbonyl (C=O) groups excluding carboxylic acids is 2. The lowest BCUT2D eigenvalue weighted by Gasteiger charge is -2.51. The number of hydrogen-bond acceptors (Lipinski definition) is 4. The van der Waals surface area contributed by atoms with Crippen molar-refractivity contribution in [2.45, 2.75) is 43.5 Å². The quantitative estimate of drug-likeness (QED) is 0.535. The lowest BCUT2D eigenvalue weighted by molar-refractivity contribution is -0.194. The minimum atomic E-state index is -4.49. The van der Waals surface area contributed by atoms with E-state index in [4.69, 9.17) is 16.3 Å². The second-order valence-corrected chi connectivity index (χ2v) is 9.48. The Kier molecular flexibility index (Phi) is 6.76. The number of hydrogen-bond donors (Lipinski definition) is 1. The molecule has 1 saturated heterocycles. The van der Waals surface area contributed by atoms with Crippen LogP contribution in [0.3, 0.4) is 0 Å². The zero-order chi connectivity index (χ0) is 25.4. The van der Waals surface area contributed by atoms with Crippen molar-refractivity contribution in [2.75, 3.05) is 26.8 Å². The summed E-state index contributed by atoms with van der Waals surface area (Å²) in [4.78, 5) is 30.4. The van der Waals surface area contributed by atoms with Gasteiger partial charge in [0.05, 0.1) is 17.6 Å². The number of likely N-dealkylation sites (tertiary alicyclic amines) is 1. The third-order valence-corrected chi connectivity index (χ3v) is 7.04. The van der Waals surface area contributed by atoms with Crippen molar-refractivity contribution < 1.29 is 27.5 Å². The maximum absolute atomic E-state index is 13.8. The van der Waals surface area contributed by atoms with E-state index in [0.717, 1.165) is 17.7 Å². The first kappa shape index (κ1) is 25.3. The van der Waals surface area contributed by atoms with E-state index in [0.29, 0.717) is 31.0 Å². The van der Waals surface area contributed by atoms with Crippen molar-refractivity contribution >= 4 is 23.4 Å². The number of amides is 2. The highest BCUT2D eigenvalue weighted by Gasteiger charge is 2.63. The molecule has 2 aliphatic rings. The molecule has 188 valence electrons.